The number of carbonyl (C=O) groups excluding carboxylic acids is 2. The molecular weight excluding hydrogens is 402 g/mol. The third-order valence-electron chi connectivity index (χ3n) is 4.45. The zero-order chi connectivity index (χ0) is 21.1. The first-order valence-electron chi connectivity index (χ1n) is 9.21. The van der Waals surface area contributed by atoms with Crippen LogP contribution in [0, 0.1) is 6.92 Å². The number of para-hydroxylation sites is 1. The normalized spacial score (nSPS) is 10.7. The topological polar surface area (TPSA) is 82.4 Å². The van der Waals surface area contributed by atoms with Gasteiger partial charge in [-0.15, -0.1) is 11.3 Å². The fourth-order valence-electron chi connectivity index (χ4n) is 2.96. The van der Waals surface area contributed by atoms with Crippen LogP contribution in [0.3, 0.4) is 0 Å². The Labute approximate surface area is 176 Å². The molecular formula is C22H19N3O4S. The first-order chi connectivity index (χ1) is 14.5. The predicted molar refractivity (Wildman–Crippen MR) is 116 cm³/mol. The molecule has 0 bridgehead atoms. The molecule has 4 aromatic rings. The van der Waals surface area contributed by atoms with Crippen LogP contribution in [0.5, 0.6) is 5.75 Å². The number of rotatable bonds is 6. The number of fused-ring (bicyclic) bond motifs is 1. The van der Waals surface area contributed by atoms with E-state index in [4.69, 9.17) is 4.74 Å². The van der Waals surface area contributed by atoms with E-state index < -0.39 is 5.97 Å². The van der Waals surface area contributed by atoms with Crippen LogP contribution >= 0.6 is 11.3 Å². The molecule has 1 amide bonds. The van der Waals surface area contributed by atoms with Crippen molar-refractivity contribution in [2.24, 2.45) is 0 Å². The molecule has 4 rings (SSSR count). The number of aromatic nitrogens is 2. The number of hydrogen-bond donors (Lipinski definition) is 1. The largest absolute Gasteiger partial charge is 0.482 e. The average Bonchev–Trinajstić information content (AvgIpc) is 3.33. The van der Waals surface area contributed by atoms with Gasteiger partial charge in [-0.3, -0.25) is 4.79 Å². The minimum absolute atomic E-state index is 0.195. The lowest BCUT2D eigenvalue weighted by Gasteiger charge is -2.08. The van der Waals surface area contributed by atoms with Crippen LogP contribution in [-0.2, 0) is 9.53 Å². The van der Waals surface area contributed by atoms with Gasteiger partial charge in [0.15, 0.2) is 6.61 Å². The molecule has 0 saturated carbocycles. The standard InChI is InChI=1S/C22H19N3O4S/c1-14-18-12-19(30-22(18)25(24-14)16-8-4-3-5-9-16)21(27)23-15-7-6-10-17(11-15)29-13-20(26)28-2/h3-12H,13H2,1-2H3,(H,23,27). The van der Waals surface area contributed by atoms with Gasteiger partial charge < -0.3 is 14.8 Å². The Balaban J connectivity index is 1.55. The monoisotopic (exact) mass is 421 g/mol. The van der Waals surface area contributed by atoms with E-state index in [1.165, 1.54) is 18.4 Å². The van der Waals surface area contributed by atoms with Crippen molar-refractivity contribution in [1.82, 2.24) is 9.78 Å². The number of ether oxygens (including phenoxy) is 2. The molecule has 30 heavy (non-hydrogen) atoms. The summed E-state index contributed by atoms with van der Waals surface area (Å²) in [6.07, 6.45) is 0. The molecule has 0 aliphatic carbocycles. The predicted octanol–water partition coefficient (Wildman–Crippen LogP) is 4.20. The van der Waals surface area contributed by atoms with Gasteiger partial charge in [0.05, 0.1) is 23.4 Å². The number of aryl methyl sites for hydroxylation is 1. The van der Waals surface area contributed by atoms with E-state index in [9.17, 15) is 9.59 Å². The summed E-state index contributed by atoms with van der Waals surface area (Å²) in [5.74, 6) is -0.233. The van der Waals surface area contributed by atoms with Gasteiger partial charge in [0.1, 0.15) is 10.6 Å². The highest BCUT2D eigenvalue weighted by molar-refractivity contribution is 7.20. The summed E-state index contributed by atoms with van der Waals surface area (Å²) in [5.41, 5.74) is 2.38. The van der Waals surface area contributed by atoms with Gasteiger partial charge in [0.25, 0.3) is 5.91 Å². The van der Waals surface area contributed by atoms with E-state index in [0.29, 0.717) is 16.3 Å². The SMILES string of the molecule is COC(=O)COc1cccc(NC(=O)c2cc3c(C)nn(-c4ccccc4)c3s2)c1. The number of hydrogen-bond acceptors (Lipinski definition) is 6. The van der Waals surface area contributed by atoms with Crippen LogP contribution in [0.4, 0.5) is 5.69 Å². The maximum atomic E-state index is 12.8. The van der Waals surface area contributed by atoms with E-state index in [2.05, 4.69) is 15.2 Å². The first kappa shape index (κ1) is 19.7. The Bertz CT molecular complexity index is 1210. The molecule has 2 heterocycles. The van der Waals surface area contributed by atoms with Gasteiger partial charge in [0, 0.05) is 17.1 Å². The number of esters is 1. The highest BCUT2D eigenvalue weighted by atomic mass is 32.1. The summed E-state index contributed by atoms with van der Waals surface area (Å²) < 4.78 is 11.8. The third-order valence-corrected chi connectivity index (χ3v) is 5.55. The van der Waals surface area contributed by atoms with E-state index in [1.807, 2.05) is 48.0 Å². The molecule has 0 aliphatic heterocycles. The van der Waals surface area contributed by atoms with Crippen molar-refractivity contribution in [2.75, 3.05) is 19.0 Å². The molecule has 7 nitrogen and oxygen atoms in total. The Morgan fingerprint density at radius 1 is 1.10 bits per heavy atom. The molecule has 8 heteroatoms. The zero-order valence-electron chi connectivity index (χ0n) is 16.4. The molecule has 0 unspecified atom stereocenters. The molecule has 0 radical (unpaired) electrons. The van der Waals surface area contributed by atoms with Crippen molar-refractivity contribution in [1.29, 1.82) is 0 Å². The Kier molecular flexibility index (Phi) is 5.49. The summed E-state index contributed by atoms with van der Waals surface area (Å²) in [7, 11) is 1.30. The summed E-state index contributed by atoms with van der Waals surface area (Å²) in [4.78, 5) is 25.5. The molecule has 0 spiro atoms. The van der Waals surface area contributed by atoms with Crippen molar-refractivity contribution in [3.05, 3.63) is 71.2 Å². The number of thiophene rings is 1. The van der Waals surface area contributed by atoms with Gasteiger partial charge in [-0.05, 0) is 37.3 Å². The average molecular weight is 421 g/mol. The van der Waals surface area contributed by atoms with Crippen molar-refractivity contribution >= 4 is 39.1 Å². The number of nitrogens with zero attached hydrogens (tertiary/aromatic N) is 2. The van der Waals surface area contributed by atoms with Gasteiger partial charge in [0.2, 0.25) is 0 Å². The maximum Gasteiger partial charge on any atom is 0.343 e. The number of anilines is 1. The summed E-state index contributed by atoms with van der Waals surface area (Å²) in [5, 5.41) is 8.42. The van der Waals surface area contributed by atoms with Crippen molar-refractivity contribution in [3.8, 4) is 11.4 Å². The second kappa shape index (κ2) is 8.38. The van der Waals surface area contributed by atoms with Gasteiger partial charge in [-0.2, -0.15) is 5.10 Å². The summed E-state index contributed by atoms with van der Waals surface area (Å²) in [6, 6.07) is 18.5. The highest BCUT2D eigenvalue weighted by Gasteiger charge is 2.17. The molecule has 2 aromatic heterocycles. The minimum Gasteiger partial charge on any atom is -0.482 e. The zero-order valence-corrected chi connectivity index (χ0v) is 17.2. The Hall–Kier alpha value is -3.65. The number of amides is 1. The van der Waals surface area contributed by atoms with Crippen molar-refractivity contribution in [2.45, 2.75) is 6.92 Å². The lowest BCUT2D eigenvalue weighted by atomic mass is 10.2. The summed E-state index contributed by atoms with van der Waals surface area (Å²) >= 11 is 1.38. The molecule has 0 saturated heterocycles. The summed E-state index contributed by atoms with van der Waals surface area (Å²) in [6.45, 7) is 1.73. The lowest BCUT2D eigenvalue weighted by molar-refractivity contribution is -0.142. The number of carbonyl (C=O) groups is 2. The van der Waals surface area contributed by atoms with Crippen LogP contribution < -0.4 is 10.1 Å². The van der Waals surface area contributed by atoms with Gasteiger partial charge in [-0.1, -0.05) is 24.3 Å². The first-order valence-corrected chi connectivity index (χ1v) is 10.0. The second-order valence-corrected chi connectivity index (χ2v) is 7.54. The second-order valence-electron chi connectivity index (χ2n) is 6.51. The van der Waals surface area contributed by atoms with E-state index in [-0.39, 0.29) is 12.5 Å². The number of nitrogens with one attached hydrogen (secondary N) is 1. The van der Waals surface area contributed by atoms with E-state index in [1.54, 1.807) is 24.3 Å². The fraction of sp³-hybridized carbons (Fsp3) is 0.136. The molecule has 2 aromatic carbocycles. The molecule has 0 aliphatic rings. The quantitative estimate of drug-likeness (QED) is 0.472. The highest BCUT2D eigenvalue weighted by Crippen LogP contribution is 2.31. The molecule has 0 atom stereocenters. The van der Waals surface area contributed by atoms with Crippen molar-refractivity contribution < 1.29 is 19.1 Å². The van der Waals surface area contributed by atoms with Crippen LogP contribution in [-0.4, -0.2) is 35.4 Å². The van der Waals surface area contributed by atoms with Crippen LogP contribution in [0.15, 0.2) is 60.7 Å². The fourth-order valence-corrected chi connectivity index (χ4v) is 4.04. The van der Waals surface area contributed by atoms with Crippen LogP contribution in [0.25, 0.3) is 15.9 Å². The maximum absolute atomic E-state index is 12.8. The lowest BCUT2D eigenvalue weighted by Crippen LogP contribution is -2.13. The Morgan fingerprint density at radius 2 is 1.90 bits per heavy atom. The Morgan fingerprint density at radius 3 is 2.67 bits per heavy atom. The molecule has 0 fully saturated rings. The smallest absolute Gasteiger partial charge is 0.343 e. The van der Waals surface area contributed by atoms with Gasteiger partial charge in [-0.25, -0.2) is 9.48 Å². The number of methoxy groups -OCH3 is 1. The molecule has 152 valence electrons. The van der Waals surface area contributed by atoms with E-state index >= 15 is 0 Å². The van der Waals surface area contributed by atoms with Gasteiger partial charge >= 0.3 is 5.97 Å². The van der Waals surface area contributed by atoms with Crippen LogP contribution in [0.1, 0.15) is 15.4 Å². The van der Waals surface area contributed by atoms with E-state index in [0.717, 1.165) is 21.6 Å². The third kappa shape index (κ3) is 4.04. The van der Waals surface area contributed by atoms with Crippen molar-refractivity contribution in [3.63, 3.8) is 0 Å². The minimum atomic E-state index is -0.474. The molecule has 1 N–H and O–H groups in total. The van der Waals surface area contributed by atoms with Crippen LogP contribution in [0.2, 0.25) is 0 Å². The number of benzene rings is 2.